The molecule has 2 N–H and O–H groups in total. The van der Waals surface area contributed by atoms with Crippen molar-refractivity contribution in [3.63, 3.8) is 0 Å². The smallest absolute Gasteiger partial charge is 0.162 e. The number of phenolic OH excluding ortho intramolecular Hbond substituents is 2. The van der Waals surface area contributed by atoms with E-state index >= 15 is 0 Å². The van der Waals surface area contributed by atoms with Gasteiger partial charge >= 0.3 is 0 Å². The molecule has 0 aromatic heterocycles. The van der Waals surface area contributed by atoms with E-state index in [0.29, 0.717) is 0 Å². The van der Waals surface area contributed by atoms with Crippen LogP contribution in [0.3, 0.4) is 0 Å². The van der Waals surface area contributed by atoms with Gasteiger partial charge in [0, 0.05) is 5.56 Å². The number of rotatable bonds is 2. The molecule has 0 aliphatic carbocycles. The zero-order valence-electron chi connectivity index (χ0n) is 6.99. The van der Waals surface area contributed by atoms with E-state index in [9.17, 15) is 9.90 Å². The third-order valence-corrected chi connectivity index (χ3v) is 2.22. The van der Waals surface area contributed by atoms with Crippen molar-refractivity contribution in [1.29, 1.82) is 0 Å². The second kappa shape index (κ2) is 3.66. The minimum Gasteiger partial charge on any atom is -0.504 e. The number of halogens is 1. The highest BCUT2D eigenvalue weighted by Gasteiger charge is 2.18. The Kier molecular flexibility index (Phi) is 2.78. The Bertz CT molecular complexity index is 336. The maximum atomic E-state index is 10.9. The lowest BCUT2D eigenvalue weighted by Crippen LogP contribution is -2.01. The molecule has 0 heterocycles. The highest BCUT2D eigenvalue weighted by Crippen LogP contribution is 2.35. The predicted octanol–water partition coefficient (Wildman–Crippen LogP) is 1.97. The maximum absolute atomic E-state index is 10.9. The largest absolute Gasteiger partial charge is 0.504 e. The van der Waals surface area contributed by atoms with Crippen LogP contribution >= 0.6 is 11.6 Å². The SMILES string of the molecule is CC(=O)C(Cl)c1cccc(O)c1O. The van der Waals surface area contributed by atoms with Crippen LogP contribution < -0.4 is 0 Å². The van der Waals surface area contributed by atoms with E-state index in [0.717, 1.165) is 0 Å². The molecule has 1 rings (SSSR count). The summed E-state index contributed by atoms with van der Waals surface area (Å²) in [6, 6.07) is 4.33. The van der Waals surface area contributed by atoms with E-state index in [1.54, 1.807) is 0 Å². The van der Waals surface area contributed by atoms with E-state index < -0.39 is 5.38 Å². The minimum atomic E-state index is -0.910. The van der Waals surface area contributed by atoms with Crippen LogP contribution in [0.5, 0.6) is 11.5 Å². The summed E-state index contributed by atoms with van der Waals surface area (Å²) in [5.41, 5.74) is 0.231. The predicted molar refractivity (Wildman–Crippen MR) is 49.0 cm³/mol. The number of benzene rings is 1. The maximum Gasteiger partial charge on any atom is 0.162 e. The number of aromatic hydroxyl groups is 2. The number of hydrogen-bond acceptors (Lipinski definition) is 3. The molecule has 70 valence electrons. The van der Waals surface area contributed by atoms with Crippen molar-refractivity contribution in [2.75, 3.05) is 0 Å². The number of alkyl halides is 1. The Labute approximate surface area is 80.6 Å². The van der Waals surface area contributed by atoms with E-state index in [1.165, 1.54) is 25.1 Å². The molecule has 0 saturated heterocycles. The second-order valence-electron chi connectivity index (χ2n) is 2.69. The highest BCUT2D eigenvalue weighted by atomic mass is 35.5. The van der Waals surface area contributed by atoms with Gasteiger partial charge in [0.15, 0.2) is 17.3 Å². The zero-order valence-corrected chi connectivity index (χ0v) is 7.75. The van der Waals surface area contributed by atoms with Gasteiger partial charge in [-0.05, 0) is 13.0 Å². The van der Waals surface area contributed by atoms with Crippen molar-refractivity contribution >= 4 is 17.4 Å². The molecule has 0 aliphatic heterocycles. The fraction of sp³-hybridized carbons (Fsp3) is 0.222. The first-order valence-corrected chi connectivity index (χ1v) is 4.13. The number of Topliss-reactive ketones (excluding diaryl/α,β-unsaturated/α-hetero) is 1. The molecule has 1 aromatic rings. The number of carbonyl (C=O) groups excluding carboxylic acids is 1. The Hall–Kier alpha value is -1.22. The van der Waals surface area contributed by atoms with Crippen LogP contribution in [0.4, 0.5) is 0 Å². The van der Waals surface area contributed by atoms with Gasteiger partial charge in [-0.3, -0.25) is 4.79 Å². The normalized spacial score (nSPS) is 12.5. The molecular formula is C9H9ClO3. The van der Waals surface area contributed by atoms with Crippen molar-refractivity contribution in [2.24, 2.45) is 0 Å². The van der Waals surface area contributed by atoms with Gasteiger partial charge < -0.3 is 10.2 Å². The molecule has 0 aliphatic rings. The molecule has 0 saturated carbocycles. The first-order chi connectivity index (χ1) is 6.04. The summed E-state index contributed by atoms with van der Waals surface area (Å²) in [5.74, 6) is -0.885. The summed E-state index contributed by atoms with van der Waals surface area (Å²) in [6.45, 7) is 1.32. The van der Waals surface area contributed by atoms with Crippen molar-refractivity contribution in [3.05, 3.63) is 23.8 Å². The first kappa shape index (κ1) is 9.86. The minimum absolute atomic E-state index is 0.231. The van der Waals surface area contributed by atoms with Crippen LogP contribution in [0.2, 0.25) is 0 Å². The summed E-state index contributed by atoms with van der Waals surface area (Å²) < 4.78 is 0. The molecule has 13 heavy (non-hydrogen) atoms. The summed E-state index contributed by atoms with van der Waals surface area (Å²) in [6.07, 6.45) is 0. The summed E-state index contributed by atoms with van der Waals surface area (Å²) in [4.78, 5) is 10.9. The number of para-hydroxylation sites is 1. The fourth-order valence-electron chi connectivity index (χ4n) is 0.972. The van der Waals surface area contributed by atoms with E-state index in [4.69, 9.17) is 16.7 Å². The molecular weight excluding hydrogens is 192 g/mol. The lowest BCUT2D eigenvalue weighted by atomic mass is 10.1. The average molecular weight is 201 g/mol. The van der Waals surface area contributed by atoms with E-state index in [1.807, 2.05) is 0 Å². The zero-order chi connectivity index (χ0) is 10.0. The van der Waals surface area contributed by atoms with Gasteiger partial charge in [-0.15, -0.1) is 11.6 Å². The van der Waals surface area contributed by atoms with Gasteiger partial charge in [0.2, 0.25) is 0 Å². The van der Waals surface area contributed by atoms with Crippen LogP contribution in [0, 0.1) is 0 Å². The van der Waals surface area contributed by atoms with E-state index in [-0.39, 0.29) is 22.8 Å². The number of carbonyl (C=O) groups is 1. The van der Waals surface area contributed by atoms with Gasteiger partial charge in [-0.1, -0.05) is 12.1 Å². The van der Waals surface area contributed by atoms with Crippen molar-refractivity contribution in [3.8, 4) is 11.5 Å². The summed E-state index contributed by atoms with van der Waals surface area (Å²) >= 11 is 5.70. The lowest BCUT2D eigenvalue weighted by molar-refractivity contribution is -0.116. The Morgan fingerprint density at radius 1 is 1.46 bits per heavy atom. The van der Waals surface area contributed by atoms with Crippen LogP contribution in [-0.4, -0.2) is 16.0 Å². The molecule has 0 amide bonds. The summed E-state index contributed by atoms with van der Waals surface area (Å²) in [7, 11) is 0. The molecule has 1 aromatic carbocycles. The van der Waals surface area contributed by atoms with Crippen LogP contribution in [-0.2, 0) is 4.79 Å². The lowest BCUT2D eigenvalue weighted by Gasteiger charge is -2.08. The quantitative estimate of drug-likeness (QED) is 0.567. The third-order valence-electron chi connectivity index (χ3n) is 1.68. The highest BCUT2D eigenvalue weighted by molar-refractivity contribution is 6.31. The Morgan fingerprint density at radius 3 is 2.62 bits per heavy atom. The molecule has 0 radical (unpaired) electrons. The molecule has 4 heteroatoms. The van der Waals surface area contributed by atoms with Crippen LogP contribution in [0.15, 0.2) is 18.2 Å². The van der Waals surface area contributed by atoms with Crippen molar-refractivity contribution in [1.82, 2.24) is 0 Å². The molecule has 0 spiro atoms. The summed E-state index contributed by atoms with van der Waals surface area (Å²) in [5, 5.41) is 17.5. The van der Waals surface area contributed by atoms with Crippen molar-refractivity contribution < 1.29 is 15.0 Å². The van der Waals surface area contributed by atoms with Crippen LogP contribution in [0.25, 0.3) is 0 Å². The van der Waals surface area contributed by atoms with Gasteiger partial charge in [-0.25, -0.2) is 0 Å². The molecule has 0 bridgehead atoms. The van der Waals surface area contributed by atoms with Gasteiger partial charge in [0.1, 0.15) is 5.38 Å². The molecule has 0 fully saturated rings. The Balaban J connectivity index is 3.15. The van der Waals surface area contributed by atoms with Crippen LogP contribution in [0.1, 0.15) is 17.9 Å². The number of hydrogen-bond donors (Lipinski definition) is 2. The van der Waals surface area contributed by atoms with Gasteiger partial charge in [0.05, 0.1) is 0 Å². The number of phenols is 2. The van der Waals surface area contributed by atoms with E-state index in [2.05, 4.69) is 0 Å². The Morgan fingerprint density at radius 2 is 2.08 bits per heavy atom. The fourth-order valence-corrected chi connectivity index (χ4v) is 1.15. The van der Waals surface area contributed by atoms with Gasteiger partial charge in [-0.2, -0.15) is 0 Å². The van der Waals surface area contributed by atoms with Gasteiger partial charge in [0.25, 0.3) is 0 Å². The first-order valence-electron chi connectivity index (χ1n) is 3.69. The standard InChI is InChI=1S/C9H9ClO3/c1-5(11)8(10)6-3-2-4-7(12)9(6)13/h2-4,8,12-13H,1H3. The molecule has 1 atom stereocenters. The number of ketones is 1. The molecule has 3 nitrogen and oxygen atoms in total. The topological polar surface area (TPSA) is 57.5 Å². The van der Waals surface area contributed by atoms with Crippen molar-refractivity contribution in [2.45, 2.75) is 12.3 Å². The second-order valence-corrected chi connectivity index (χ2v) is 3.12. The average Bonchev–Trinajstić information content (AvgIpc) is 2.08. The third kappa shape index (κ3) is 1.92. The molecule has 1 unspecified atom stereocenters. The monoisotopic (exact) mass is 200 g/mol.